The third-order valence-electron chi connectivity index (χ3n) is 3.83. The lowest BCUT2D eigenvalue weighted by Crippen LogP contribution is -2.10. The van der Waals surface area contributed by atoms with Crippen molar-refractivity contribution in [3.05, 3.63) is 65.6 Å². The smallest absolute Gasteiger partial charge is 0.353 e. The maximum absolute atomic E-state index is 11.6. The number of ether oxygens (including phenoxy) is 1. The van der Waals surface area contributed by atoms with Gasteiger partial charge in [-0.25, -0.2) is 9.78 Å². The highest BCUT2D eigenvalue weighted by molar-refractivity contribution is 5.88. The normalized spacial score (nSPS) is 11.1. The van der Waals surface area contributed by atoms with Gasteiger partial charge in [-0.3, -0.25) is 4.40 Å². The summed E-state index contributed by atoms with van der Waals surface area (Å²) >= 11 is 0. The summed E-state index contributed by atoms with van der Waals surface area (Å²) in [5.74, 6) is -0.0888. The number of hydrogen-bond donors (Lipinski definition) is 1. The number of rotatable bonds is 6. The van der Waals surface area contributed by atoms with Crippen molar-refractivity contribution in [2.75, 3.05) is 0 Å². The van der Waals surface area contributed by atoms with E-state index in [9.17, 15) is 9.90 Å². The Balaban J connectivity index is 1.78. The molecular weight excluding hydrogens is 304 g/mol. The second-order valence-corrected chi connectivity index (χ2v) is 5.98. The fourth-order valence-corrected chi connectivity index (χ4v) is 2.76. The van der Waals surface area contributed by atoms with Crippen molar-refractivity contribution in [1.82, 2.24) is 9.38 Å². The van der Waals surface area contributed by atoms with Gasteiger partial charge < -0.3 is 9.84 Å². The Morgan fingerprint density at radius 1 is 1.17 bits per heavy atom. The topological polar surface area (TPSA) is 63.8 Å². The van der Waals surface area contributed by atoms with Crippen molar-refractivity contribution >= 4 is 11.6 Å². The number of nitrogens with zero attached hydrogens (tertiary/aromatic N) is 2. The average molecular weight is 324 g/mol. The average Bonchev–Trinajstić information content (AvgIpc) is 3.01. The summed E-state index contributed by atoms with van der Waals surface area (Å²) in [4.78, 5) is 15.8. The van der Waals surface area contributed by atoms with Crippen LogP contribution in [0.3, 0.4) is 0 Å². The molecular formula is C19H20N2O3. The molecule has 0 radical (unpaired) electrons. The molecule has 0 unspecified atom stereocenters. The van der Waals surface area contributed by atoms with Crippen molar-refractivity contribution in [2.45, 2.75) is 32.8 Å². The molecule has 0 amide bonds. The molecule has 1 N–H and O–H groups in total. The van der Waals surface area contributed by atoms with E-state index in [1.54, 1.807) is 16.8 Å². The third kappa shape index (κ3) is 3.40. The maximum atomic E-state index is 11.6. The number of imidazole rings is 1. The van der Waals surface area contributed by atoms with Gasteiger partial charge in [0.2, 0.25) is 0 Å². The molecule has 0 aliphatic carbocycles. The van der Waals surface area contributed by atoms with Crippen LogP contribution in [0.2, 0.25) is 0 Å². The number of carboxylic acid groups (broad SMARTS) is 1. The minimum absolute atomic E-state index is 0.149. The minimum atomic E-state index is -0.936. The van der Waals surface area contributed by atoms with E-state index >= 15 is 0 Å². The standard InChI is InChI=1S/C19H20N2O3/c1-13(2)24-16-8-4-14(5-9-16)3-6-15-7-10-17-20-11-12-21(17)18(15)19(22)23/h4-5,7-13H,3,6H2,1-2H3,(H,22,23). The fraction of sp³-hybridized carbons (Fsp3) is 0.263. The van der Waals surface area contributed by atoms with Crippen molar-refractivity contribution < 1.29 is 14.6 Å². The SMILES string of the molecule is CC(C)Oc1ccc(CCc2ccc3nccn3c2C(=O)O)cc1. The Labute approximate surface area is 140 Å². The first-order chi connectivity index (χ1) is 11.5. The Bertz CT molecular complexity index is 851. The van der Waals surface area contributed by atoms with Crippen LogP contribution in [0.4, 0.5) is 0 Å². The van der Waals surface area contributed by atoms with Gasteiger partial charge >= 0.3 is 5.97 Å². The fourth-order valence-electron chi connectivity index (χ4n) is 2.76. The molecule has 0 atom stereocenters. The molecule has 0 aliphatic heterocycles. The van der Waals surface area contributed by atoms with Crippen LogP contribution in [0.25, 0.3) is 5.65 Å². The maximum Gasteiger partial charge on any atom is 0.353 e. The predicted molar refractivity (Wildman–Crippen MR) is 91.8 cm³/mol. The molecule has 3 rings (SSSR count). The zero-order valence-electron chi connectivity index (χ0n) is 13.8. The number of fused-ring (bicyclic) bond motifs is 1. The van der Waals surface area contributed by atoms with Gasteiger partial charge in [0, 0.05) is 12.4 Å². The highest BCUT2D eigenvalue weighted by atomic mass is 16.5. The van der Waals surface area contributed by atoms with E-state index < -0.39 is 5.97 Å². The van der Waals surface area contributed by atoms with Crippen LogP contribution in [-0.2, 0) is 12.8 Å². The largest absolute Gasteiger partial charge is 0.491 e. The Kier molecular flexibility index (Phi) is 4.51. The number of carboxylic acids is 1. The number of aromatic nitrogens is 2. The quantitative estimate of drug-likeness (QED) is 0.752. The van der Waals surface area contributed by atoms with Gasteiger partial charge in [-0.2, -0.15) is 0 Å². The number of pyridine rings is 1. The lowest BCUT2D eigenvalue weighted by Gasteiger charge is -2.11. The van der Waals surface area contributed by atoms with Crippen LogP contribution >= 0.6 is 0 Å². The van der Waals surface area contributed by atoms with Crippen LogP contribution in [0.5, 0.6) is 5.75 Å². The van der Waals surface area contributed by atoms with Crippen molar-refractivity contribution in [3.8, 4) is 5.75 Å². The molecule has 2 heterocycles. The van der Waals surface area contributed by atoms with Crippen LogP contribution in [-0.4, -0.2) is 26.6 Å². The predicted octanol–water partition coefficient (Wildman–Crippen LogP) is 3.60. The molecule has 0 saturated carbocycles. The zero-order chi connectivity index (χ0) is 17.1. The molecule has 0 bridgehead atoms. The summed E-state index contributed by atoms with van der Waals surface area (Å²) in [6.07, 6.45) is 4.86. The first-order valence-corrected chi connectivity index (χ1v) is 7.98. The molecule has 3 aromatic rings. The van der Waals surface area contributed by atoms with E-state index in [2.05, 4.69) is 4.98 Å². The van der Waals surface area contributed by atoms with Gasteiger partial charge in [0.15, 0.2) is 0 Å². The highest BCUT2D eigenvalue weighted by Crippen LogP contribution is 2.18. The monoisotopic (exact) mass is 324 g/mol. The van der Waals surface area contributed by atoms with Crippen LogP contribution < -0.4 is 4.74 Å². The summed E-state index contributed by atoms with van der Waals surface area (Å²) in [6.45, 7) is 3.99. The Morgan fingerprint density at radius 3 is 2.58 bits per heavy atom. The molecule has 24 heavy (non-hydrogen) atoms. The molecule has 1 aromatic carbocycles. The van der Waals surface area contributed by atoms with E-state index in [0.717, 1.165) is 23.3 Å². The zero-order valence-corrected chi connectivity index (χ0v) is 13.8. The van der Waals surface area contributed by atoms with E-state index in [-0.39, 0.29) is 11.8 Å². The van der Waals surface area contributed by atoms with Gasteiger partial charge in [0.1, 0.15) is 17.1 Å². The Morgan fingerprint density at radius 2 is 1.92 bits per heavy atom. The highest BCUT2D eigenvalue weighted by Gasteiger charge is 2.14. The second kappa shape index (κ2) is 6.74. The number of benzene rings is 1. The number of carbonyl (C=O) groups is 1. The van der Waals surface area contributed by atoms with Gasteiger partial charge in [0.05, 0.1) is 6.10 Å². The second-order valence-electron chi connectivity index (χ2n) is 5.98. The molecule has 2 aromatic heterocycles. The van der Waals surface area contributed by atoms with Gasteiger partial charge in [-0.1, -0.05) is 18.2 Å². The van der Waals surface area contributed by atoms with Gasteiger partial charge in [-0.05, 0) is 56.0 Å². The van der Waals surface area contributed by atoms with E-state index in [1.165, 1.54) is 0 Å². The lowest BCUT2D eigenvalue weighted by atomic mass is 10.0. The first-order valence-electron chi connectivity index (χ1n) is 7.98. The number of hydrogen-bond acceptors (Lipinski definition) is 3. The van der Waals surface area contributed by atoms with Gasteiger partial charge in [0.25, 0.3) is 0 Å². The Hall–Kier alpha value is -2.82. The van der Waals surface area contributed by atoms with Gasteiger partial charge in [-0.15, -0.1) is 0 Å². The summed E-state index contributed by atoms with van der Waals surface area (Å²) in [7, 11) is 0. The van der Waals surface area contributed by atoms with Crippen LogP contribution in [0, 0.1) is 0 Å². The third-order valence-corrected chi connectivity index (χ3v) is 3.83. The van der Waals surface area contributed by atoms with Crippen molar-refractivity contribution in [3.63, 3.8) is 0 Å². The van der Waals surface area contributed by atoms with Crippen LogP contribution in [0.15, 0.2) is 48.8 Å². The summed E-state index contributed by atoms with van der Waals surface area (Å²) in [5.41, 5.74) is 2.87. The molecule has 0 saturated heterocycles. The minimum Gasteiger partial charge on any atom is -0.491 e. The van der Waals surface area contributed by atoms with E-state index in [0.29, 0.717) is 12.1 Å². The van der Waals surface area contributed by atoms with Crippen molar-refractivity contribution in [2.24, 2.45) is 0 Å². The number of aryl methyl sites for hydroxylation is 2. The summed E-state index contributed by atoms with van der Waals surface area (Å²) in [6, 6.07) is 11.6. The molecule has 0 spiro atoms. The molecule has 0 fully saturated rings. The summed E-state index contributed by atoms with van der Waals surface area (Å²) < 4.78 is 7.26. The molecule has 124 valence electrons. The van der Waals surface area contributed by atoms with E-state index in [1.807, 2.05) is 50.2 Å². The molecule has 5 nitrogen and oxygen atoms in total. The lowest BCUT2D eigenvalue weighted by molar-refractivity contribution is 0.0687. The molecule has 0 aliphatic rings. The van der Waals surface area contributed by atoms with E-state index in [4.69, 9.17) is 4.74 Å². The number of aromatic carboxylic acids is 1. The van der Waals surface area contributed by atoms with Crippen LogP contribution in [0.1, 0.15) is 35.5 Å². The first kappa shape index (κ1) is 16.1. The van der Waals surface area contributed by atoms with Crippen molar-refractivity contribution in [1.29, 1.82) is 0 Å². The summed E-state index contributed by atoms with van der Waals surface area (Å²) in [5, 5.41) is 9.53. The molecule has 5 heteroatoms.